The molecule has 1 aliphatic rings. The van der Waals surface area contributed by atoms with Crippen LogP contribution in [-0.2, 0) is 9.53 Å². The molecule has 0 bridgehead atoms. The molecular formula is C10H19N3O2. The zero-order valence-corrected chi connectivity index (χ0v) is 9.83. The molecule has 1 rings (SSSR count). The zero-order valence-electron chi connectivity index (χ0n) is 9.83. The highest BCUT2D eigenvalue weighted by Crippen LogP contribution is 2.10. The van der Waals surface area contributed by atoms with Crippen LogP contribution in [0.4, 0.5) is 0 Å². The topological polar surface area (TPSA) is 56.6 Å². The lowest BCUT2D eigenvalue weighted by atomic mass is 10.2. The minimum absolute atomic E-state index is 0.0310. The lowest BCUT2D eigenvalue weighted by molar-refractivity contribution is -0.133. The Morgan fingerprint density at radius 3 is 2.47 bits per heavy atom. The maximum absolute atomic E-state index is 11.4. The van der Waals surface area contributed by atoms with E-state index in [1.165, 1.54) is 0 Å². The minimum Gasteiger partial charge on any atom is -0.460 e. The molecule has 1 heterocycles. The molecule has 86 valence electrons. The first kappa shape index (κ1) is 11.8. The predicted octanol–water partition coefficient (Wildman–Crippen LogP) is 0.510. The van der Waals surface area contributed by atoms with Crippen LogP contribution in [0.3, 0.4) is 0 Å². The quantitative estimate of drug-likeness (QED) is 0.471. The van der Waals surface area contributed by atoms with E-state index in [1.807, 2.05) is 20.8 Å². The molecule has 0 aromatic heterocycles. The molecule has 5 nitrogen and oxygen atoms in total. The van der Waals surface area contributed by atoms with E-state index in [1.54, 1.807) is 16.8 Å². The SMILES string of the molecule is CN1CCN(C(=N)OC(C)(C)C)CC1=O. The summed E-state index contributed by atoms with van der Waals surface area (Å²) in [5.74, 6) is 0.0310. The largest absolute Gasteiger partial charge is 0.460 e. The molecule has 1 fully saturated rings. The Kier molecular flexibility index (Phi) is 3.21. The van der Waals surface area contributed by atoms with Crippen molar-refractivity contribution in [3.63, 3.8) is 0 Å². The number of nitrogens with zero attached hydrogens (tertiary/aromatic N) is 2. The number of hydrogen-bond acceptors (Lipinski definition) is 3. The van der Waals surface area contributed by atoms with Gasteiger partial charge in [-0.05, 0) is 20.8 Å². The van der Waals surface area contributed by atoms with E-state index in [0.29, 0.717) is 13.1 Å². The number of likely N-dealkylation sites (N-methyl/N-ethyl adjacent to an activating group) is 1. The summed E-state index contributed by atoms with van der Waals surface area (Å²) in [5, 5.41) is 7.73. The van der Waals surface area contributed by atoms with E-state index in [0.717, 1.165) is 0 Å². The van der Waals surface area contributed by atoms with Gasteiger partial charge in [0.25, 0.3) is 6.02 Å². The summed E-state index contributed by atoms with van der Waals surface area (Å²) in [5.41, 5.74) is -0.385. The zero-order chi connectivity index (χ0) is 11.6. The van der Waals surface area contributed by atoms with Crippen LogP contribution in [0, 0.1) is 5.41 Å². The molecule has 0 spiro atoms. The standard InChI is InChI=1S/C10H19N3O2/c1-10(2,3)15-9(11)13-6-5-12(4)8(14)7-13/h11H,5-7H2,1-4H3. The fourth-order valence-corrected chi connectivity index (χ4v) is 1.29. The van der Waals surface area contributed by atoms with Crippen molar-refractivity contribution in [2.75, 3.05) is 26.7 Å². The molecule has 0 unspecified atom stereocenters. The second kappa shape index (κ2) is 4.08. The summed E-state index contributed by atoms with van der Waals surface area (Å²) < 4.78 is 5.40. The van der Waals surface area contributed by atoms with E-state index in [2.05, 4.69) is 0 Å². The number of rotatable bonds is 0. The Morgan fingerprint density at radius 1 is 1.40 bits per heavy atom. The van der Waals surface area contributed by atoms with Crippen LogP contribution in [0.25, 0.3) is 0 Å². The summed E-state index contributed by atoms with van der Waals surface area (Å²) in [7, 11) is 1.77. The van der Waals surface area contributed by atoms with Gasteiger partial charge in [-0.15, -0.1) is 0 Å². The average molecular weight is 213 g/mol. The number of carbonyl (C=O) groups excluding carboxylic acids is 1. The molecule has 0 saturated carbocycles. The van der Waals surface area contributed by atoms with Gasteiger partial charge in [-0.2, -0.15) is 0 Å². The van der Waals surface area contributed by atoms with Crippen LogP contribution in [-0.4, -0.2) is 54.0 Å². The van der Waals surface area contributed by atoms with Crippen LogP contribution in [0.15, 0.2) is 0 Å². The van der Waals surface area contributed by atoms with Gasteiger partial charge in [0.05, 0.1) is 0 Å². The highest BCUT2D eigenvalue weighted by atomic mass is 16.5. The van der Waals surface area contributed by atoms with Gasteiger partial charge in [0.15, 0.2) is 0 Å². The fraction of sp³-hybridized carbons (Fsp3) is 0.800. The molecule has 0 radical (unpaired) electrons. The van der Waals surface area contributed by atoms with E-state index < -0.39 is 0 Å². The van der Waals surface area contributed by atoms with Gasteiger partial charge in [0.2, 0.25) is 5.91 Å². The first-order valence-electron chi connectivity index (χ1n) is 5.06. The van der Waals surface area contributed by atoms with Crippen LogP contribution in [0.1, 0.15) is 20.8 Å². The molecule has 0 aromatic rings. The highest BCUT2D eigenvalue weighted by Gasteiger charge is 2.26. The molecule has 1 N–H and O–H groups in total. The predicted molar refractivity (Wildman–Crippen MR) is 57.8 cm³/mol. The van der Waals surface area contributed by atoms with Gasteiger partial charge in [0.1, 0.15) is 12.1 Å². The maximum atomic E-state index is 11.4. The molecule has 15 heavy (non-hydrogen) atoms. The molecule has 1 aliphatic heterocycles. The molecular weight excluding hydrogens is 194 g/mol. The summed E-state index contributed by atoms with van der Waals surface area (Å²) in [6, 6.07) is 0.0870. The van der Waals surface area contributed by atoms with Crippen molar-refractivity contribution in [2.45, 2.75) is 26.4 Å². The summed E-state index contributed by atoms with van der Waals surface area (Å²) >= 11 is 0. The average Bonchev–Trinajstić information content (AvgIpc) is 2.06. The van der Waals surface area contributed by atoms with Crippen LogP contribution in [0.2, 0.25) is 0 Å². The minimum atomic E-state index is -0.385. The van der Waals surface area contributed by atoms with Gasteiger partial charge >= 0.3 is 0 Å². The lowest BCUT2D eigenvalue weighted by Gasteiger charge is -2.35. The second-order valence-corrected chi connectivity index (χ2v) is 4.76. The third-order valence-corrected chi connectivity index (χ3v) is 2.15. The number of hydrogen-bond donors (Lipinski definition) is 1. The van der Waals surface area contributed by atoms with Crippen molar-refractivity contribution in [3.05, 3.63) is 0 Å². The van der Waals surface area contributed by atoms with Crippen molar-refractivity contribution >= 4 is 11.9 Å². The third-order valence-electron chi connectivity index (χ3n) is 2.15. The van der Waals surface area contributed by atoms with E-state index >= 15 is 0 Å². The Morgan fingerprint density at radius 2 is 2.00 bits per heavy atom. The van der Waals surface area contributed by atoms with Crippen LogP contribution < -0.4 is 0 Å². The normalized spacial score (nSPS) is 18.0. The van der Waals surface area contributed by atoms with Gasteiger partial charge in [-0.3, -0.25) is 10.2 Å². The number of nitrogens with one attached hydrogen (secondary N) is 1. The number of amidine groups is 1. The third kappa shape index (κ3) is 3.42. The monoisotopic (exact) mass is 213 g/mol. The van der Waals surface area contributed by atoms with Gasteiger partial charge in [-0.25, -0.2) is 0 Å². The van der Waals surface area contributed by atoms with Gasteiger partial charge < -0.3 is 14.5 Å². The molecule has 1 saturated heterocycles. The Hall–Kier alpha value is -1.26. The first-order valence-corrected chi connectivity index (χ1v) is 5.06. The first-order chi connectivity index (χ1) is 6.79. The molecule has 5 heteroatoms. The molecule has 0 aliphatic carbocycles. The van der Waals surface area contributed by atoms with Crippen molar-refractivity contribution < 1.29 is 9.53 Å². The highest BCUT2D eigenvalue weighted by molar-refractivity contribution is 5.84. The van der Waals surface area contributed by atoms with Gasteiger partial charge in [-0.1, -0.05) is 0 Å². The Labute approximate surface area is 90.5 Å². The van der Waals surface area contributed by atoms with Gasteiger partial charge in [0, 0.05) is 20.1 Å². The molecule has 1 amide bonds. The lowest BCUT2D eigenvalue weighted by Crippen LogP contribution is -2.52. The number of piperazine rings is 1. The maximum Gasteiger partial charge on any atom is 0.285 e. The summed E-state index contributed by atoms with van der Waals surface area (Å²) in [4.78, 5) is 14.7. The Bertz CT molecular complexity index is 270. The van der Waals surface area contributed by atoms with Crippen molar-refractivity contribution in [3.8, 4) is 0 Å². The van der Waals surface area contributed by atoms with Crippen LogP contribution in [0.5, 0.6) is 0 Å². The van der Waals surface area contributed by atoms with Crippen LogP contribution >= 0.6 is 0 Å². The summed E-state index contributed by atoms with van der Waals surface area (Å²) in [6.07, 6.45) is 0. The second-order valence-electron chi connectivity index (χ2n) is 4.76. The van der Waals surface area contributed by atoms with Crippen molar-refractivity contribution in [1.82, 2.24) is 9.80 Å². The van der Waals surface area contributed by atoms with E-state index in [4.69, 9.17) is 10.1 Å². The number of carbonyl (C=O) groups is 1. The smallest absolute Gasteiger partial charge is 0.285 e. The fourth-order valence-electron chi connectivity index (χ4n) is 1.29. The van der Waals surface area contributed by atoms with E-state index in [-0.39, 0.29) is 24.1 Å². The number of ether oxygens (including phenoxy) is 1. The molecule has 0 atom stereocenters. The Balaban J connectivity index is 2.52. The summed E-state index contributed by atoms with van der Waals surface area (Å²) in [6.45, 7) is 7.22. The van der Waals surface area contributed by atoms with Crippen molar-refractivity contribution in [1.29, 1.82) is 5.41 Å². The number of amides is 1. The molecule has 0 aromatic carbocycles. The van der Waals surface area contributed by atoms with E-state index in [9.17, 15) is 4.79 Å². The van der Waals surface area contributed by atoms with Crippen molar-refractivity contribution in [2.24, 2.45) is 0 Å².